The number of nitrogens with one attached hydrogen (secondary N) is 1. The second kappa shape index (κ2) is 6.19. The van der Waals surface area contributed by atoms with E-state index in [9.17, 15) is 9.59 Å². The molecule has 4 nitrogen and oxygen atoms in total. The molecule has 0 aromatic heterocycles. The van der Waals surface area contributed by atoms with E-state index in [-0.39, 0.29) is 11.8 Å². The van der Waals surface area contributed by atoms with Gasteiger partial charge in [0.25, 0.3) is 0 Å². The fourth-order valence-corrected chi connectivity index (χ4v) is 1.61. The van der Waals surface area contributed by atoms with Gasteiger partial charge in [-0.15, -0.1) is 0 Å². The van der Waals surface area contributed by atoms with Crippen LogP contribution in [0.25, 0.3) is 0 Å². The van der Waals surface area contributed by atoms with E-state index in [1.54, 1.807) is 13.8 Å². The van der Waals surface area contributed by atoms with Gasteiger partial charge >= 0.3 is 5.97 Å². The zero-order chi connectivity index (χ0) is 13.7. The number of carboxylic acids is 1. The third-order valence-electron chi connectivity index (χ3n) is 2.66. The highest BCUT2D eigenvalue weighted by atomic mass is 16.4. The summed E-state index contributed by atoms with van der Waals surface area (Å²) in [6.07, 6.45) is 0.301. The highest BCUT2D eigenvalue weighted by Gasteiger charge is 2.21. The van der Waals surface area contributed by atoms with E-state index in [4.69, 9.17) is 5.11 Å². The Labute approximate surface area is 107 Å². The lowest BCUT2D eigenvalue weighted by Crippen LogP contribution is -2.44. The summed E-state index contributed by atoms with van der Waals surface area (Å²) in [4.78, 5) is 22.7. The molecule has 0 aliphatic heterocycles. The number of hydrogen-bond donors (Lipinski definition) is 2. The van der Waals surface area contributed by atoms with E-state index in [0.717, 1.165) is 11.1 Å². The minimum Gasteiger partial charge on any atom is -0.480 e. The lowest BCUT2D eigenvalue weighted by atomic mass is 10.0. The Hall–Kier alpha value is -1.84. The summed E-state index contributed by atoms with van der Waals surface area (Å²) in [5.74, 6) is -1.47. The SMILES string of the molecule is Cc1cccc(C[C@@H](NC(=O)C(C)C)C(=O)O)c1. The van der Waals surface area contributed by atoms with Crippen molar-refractivity contribution < 1.29 is 14.7 Å². The number of rotatable bonds is 5. The predicted octanol–water partition coefficient (Wildman–Crippen LogP) is 1.76. The highest BCUT2D eigenvalue weighted by molar-refractivity contribution is 5.84. The normalized spacial score (nSPS) is 12.2. The first-order valence-corrected chi connectivity index (χ1v) is 5.99. The number of hydrogen-bond acceptors (Lipinski definition) is 2. The van der Waals surface area contributed by atoms with E-state index >= 15 is 0 Å². The molecule has 1 amide bonds. The van der Waals surface area contributed by atoms with E-state index in [1.165, 1.54) is 0 Å². The average Bonchev–Trinajstić information content (AvgIpc) is 2.27. The molecule has 4 heteroatoms. The van der Waals surface area contributed by atoms with Gasteiger partial charge in [0, 0.05) is 12.3 Å². The van der Waals surface area contributed by atoms with Crippen LogP contribution in [0, 0.1) is 12.8 Å². The molecule has 1 atom stereocenters. The Morgan fingerprint density at radius 2 is 2.00 bits per heavy atom. The summed E-state index contributed by atoms with van der Waals surface area (Å²) in [5, 5.41) is 11.7. The maximum absolute atomic E-state index is 11.5. The predicted molar refractivity (Wildman–Crippen MR) is 69.3 cm³/mol. The number of aliphatic carboxylic acids is 1. The second-order valence-corrected chi connectivity index (χ2v) is 4.75. The third kappa shape index (κ3) is 4.20. The van der Waals surface area contributed by atoms with Crippen molar-refractivity contribution in [3.63, 3.8) is 0 Å². The van der Waals surface area contributed by atoms with Gasteiger partial charge in [0.15, 0.2) is 0 Å². The maximum Gasteiger partial charge on any atom is 0.326 e. The van der Waals surface area contributed by atoms with Gasteiger partial charge in [0.05, 0.1) is 0 Å². The summed E-state index contributed by atoms with van der Waals surface area (Å²) in [7, 11) is 0. The molecular formula is C14H19NO3. The standard InChI is InChI=1S/C14H19NO3/c1-9(2)13(16)15-12(14(17)18)8-11-6-4-5-10(3)7-11/h4-7,9,12H,8H2,1-3H3,(H,15,16)(H,17,18)/t12-/m1/s1. The van der Waals surface area contributed by atoms with E-state index in [1.807, 2.05) is 31.2 Å². The van der Waals surface area contributed by atoms with Crippen molar-refractivity contribution in [2.24, 2.45) is 5.92 Å². The quantitative estimate of drug-likeness (QED) is 0.835. The summed E-state index contributed by atoms with van der Waals surface area (Å²) < 4.78 is 0. The summed E-state index contributed by atoms with van der Waals surface area (Å²) >= 11 is 0. The molecule has 1 aromatic carbocycles. The zero-order valence-corrected chi connectivity index (χ0v) is 10.9. The van der Waals surface area contributed by atoms with Crippen molar-refractivity contribution in [3.8, 4) is 0 Å². The summed E-state index contributed by atoms with van der Waals surface area (Å²) in [5.41, 5.74) is 1.98. The third-order valence-corrected chi connectivity index (χ3v) is 2.66. The summed E-state index contributed by atoms with van der Waals surface area (Å²) in [6.45, 7) is 5.42. The molecule has 1 rings (SSSR count). The lowest BCUT2D eigenvalue weighted by Gasteiger charge is -2.16. The minimum atomic E-state index is -1.01. The van der Waals surface area contributed by atoms with Crippen LogP contribution in [0.4, 0.5) is 0 Å². The molecule has 0 unspecified atom stereocenters. The van der Waals surface area contributed by atoms with E-state index in [2.05, 4.69) is 5.32 Å². The van der Waals surface area contributed by atoms with Crippen LogP contribution >= 0.6 is 0 Å². The molecule has 2 N–H and O–H groups in total. The molecule has 98 valence electrons. The van der Waals surface area contributed by atoms with Crippen molar-refractivity contribution in [1.82, 2.24) is 5.32 Å². The Morgan fingerprint density at radius 3 is 2.50 bits per heavy atom. The van der Waals surface area contributed by atoms with Crippen molar-refractivity contribution in [1.29, 1.82) is 0 Å². The fraction of sp³-hybridized carbons (Fsp3) is 0.429. The van der Waals surface area contributed by atoms with Crippen LogP contribution in [0.2, 0.25) is 0 Å². The van der Waals surface area contributed by atoms with Gasteiger partial charge in [0.2, 0.25) is 5.91 Å². The molecule has 0 bridgehead atoms. The fourth-order valence-electron chi connectivity index (χ4n) is 1.61. The van der Waals surface area contributed by atoms with Crippen molar-refractivity contribution in [3.05, 3.63) is 35.4 Å². The van der Waals surface area contributed by atoms with Gasteiger partial charge in [-0.1, -0.05) is 43.7 Å². The Bertz CT molecular complexity index is 440. The van der Waals surface area contributed by atoms with Crippen molar-refractivity contribution in [2.45, 2.75) is 33.2 Å². The first-order valence-electron chi connectivity index (χ1n) is 5.99. The van der Waals surface area contributed by atoms with Gasteiger partial charge in [-0.25, -0.2) is 4.79 Å². The minimum absolute atomic E-state index is 0.218. The second-order valence-electron chi connectivity index (χ2n) is 4.75. The first-order chi connectivity index (χ1) is 8.40. The van der Waals surface area contributed by atoms with Crippen LogP contribution in [0.1, 0.15) is 25.0 Å². The van der Waals surface area contributed by atoms with Crippen LogP contribution < -0.4 is 5.32 Å². The molecule has 0 aliphatic carbocycles. The number of carboxylic acid groups (broad SMARTS) is 1. The van der Waals surface area contributed by atoms with Crippen LogP contribution in [0.5, 0.6) is 0 Å². The molecule has 18 heavy (non-hydrogen) atoms. The largest absolute Gasteiger partial charge is 0.480 e. The van der Waals surface area contributed by atoms with Gasteiger partial charge in [0.1, 0.15) is 6.04 Å². The highest BCUT2D eigenvalue weighted by Crippen LogP contribution is 2.08. The van der Waals surface area contributed by atoms with E-state index < -0.39 is 12.0 Å². The van der Waals surface area contributed by atoms with Crippen LogP contribution in [0.3, 0.4) is 0 Å². The van der Waals surface area contributed by atoms with Crippen LogP contribution in [-0.2, 0) is 16.0 Å². The van der Waals surface area contributed by atoms with Crippen LogP contribution in [-0.4, -0.2) is 23.0 Å². The van der Waals surface area contributed by atoms with Gasteiger partial charge < -0.3 is 10.4 Å². The van der Waals surface area contributed by atoms with Gasteiger partial charge in [-0.05, 0) is 12.5 Å². The Kier molecular flexibility index (Phi) is 4.89. The molecule has 0 heterocycles. The topological polar surface area (TPSA) is 66.4 Å². The number of carbonyl (C=O) groups excluding carboxylic acids is 1. The number of amides is 1. The van der Waals surface area contributed by atoms with Crippen molar-refractivity contribution >= 4 is 11.9 Å². The Morgan fingerprint density at radius 1 is 1.33 bits per heavy atom. The monoisotopic (exact) mass is 249 g/mol. The summed E-state index contributed by atoms with van der Waals surface area (Å²) in [6, 6.07) is 6.75. The molecule has 0 radical (unpaired) electrons. The number of benzene rings is 1. The van der Waals surface area contributed by atoms with Gasteiger partial charge in [-0.3, -0.25) is 4.79 Å². The van der Waals surface area contributed by atoms with Gasteiger partial charge in [-0.2, -0.15) is 0 Å². The molecule has 0 aliphatic rings. The molecule has 0 saturated carbocycles. The Balaban J connectivity index is 2.75. The van der Waals surface area contributed by atoms with Crippen LogP contribution in [0.15, 0.2) is 24.3 Å². The zero-order valence-electron chi connectivity index (χ0n) is 10.9. The molecule has 1 aromatic rings. The van der Waals surface area contributed by atoms with Crippen molar-refractivity contribution in [2.75, 3.05) is 0 Å². The molecule has 0 saturated heterocycles. The lowest BCUT2D eigenvalue weighted by molar-refractivity contribution is -0.142. The van der Waals surface area contributed by atoms with E-state index in [0.29, 0.717) is 6.42 Å². The smallest absolute Gasteiger partial charge is 0.326 e. The average molecular weight is 249 g/mol. The molecule has 0 spiro atoms. The number of carbonyl (C=O) groups is 2. The number of aryl methyl sites for hydroxylation is 1. The first kappa shape index (κ1) is 14.2. The molecule has 0 fully saturated rings. The molecular weight excluding hydrogens is 230 g/mol. The maximum atomic E-state index is 11.5.